The van der Waals surface area contributed by atoms with Crippen LogP contribution in [0.15, 0.2) is 48.5 Å². The lowest BCUT2D eigenvalue weighted by Gasteiger charge is -2.33. The molecule has 0 radical (unpaired) electrons. The van der Waals surface area contributed by atoms with Crippen LogP contribution in [0.25, 0.3) is 0 Å². The van der Waals surface area contributed by atoms with Crippen molar-refractivity contribution in [1.29, 1.82) is 0 Å². The van der Waals surface area contributed by atoms with Gasteiger partial charge in [-0.2, -0.15) is 0 Å². The third kappa shape index (κ3) is 5.69. The fraction of sp³-hybridized carbons (Fsp3) is 0.519. The smallest absolute Gasteiger partial charge is 0.223 e. The Kier molecular flexibility index (Phi) is 7.46. The van der Waals surface area contributed by atoms with E-state index in [-0.39, 0.29) is 23.7 Å². The topological polar surface area (TPSA) is 35.6 Å². The number of likely N-dealkylation sites (tertiary alicyclic amines) is 1. The van der Waals surface area contributed by atoms with Crippen molar-refractivity contribution >= 4 is 11.6 Å². The van der Waals surface area contributed by atoms with E-state index in [1.807, 2.05) is 12.1 Å². The zero-order valence-corrected chi connectivity index (χ0v) is 19.4. The summed E-state index contributed by atoms with van der Waals surface area (Å²) in [6.07, 6.45) is 4.21. The Bertz CT molecular complexity index is 892. The SMILES string of the molecule is C[C@@H]1CCCN(c2ccc([C@@H](C)NC(=O)C3CCN(Cc4ccccc4F)CC3)cc2)C1. The number of carbonyl (C=O) groups is 1. The van der Waals surface area contributed by atoms with Crippen LogP contribution in [0.1, 0.15) is 56.7 Å². The van der Waals surface area contributed by atoms with Crippen LogP contribution in [0.4, 0.5) is 10.1 Å². The highest BCUT2D eigenvalue weighted by Crippen LogP contribution is 2.26. The van der Waals surface area contributed by atoms with Crippen LogP contribution in [0.2, 0.25) is 0 Å². The van der Waals surface area contributed by atoms with Crippen molar-refractivity contribution in [2.45, 2.75) is 52.1 Å². The molecule has 0 aromatic heterocycles. The predicted octanol–water partition coefficient (Wildman–Crippen LogP) is 5.15. The number of anilines is 1. The standard InChI is InChI=1S/C27H36FN3O/c1-20-6-5-15-31(18-20)25-11-9-22(10-12-25)21(2)29-27(32)23-13-16-30(17-14-23)19-24-7-3-4-8-26(24)28/h3-4,7-12,20-21,23H,5-6,13-19H2,1-2H3,(H,29,32)/t20-,21-/m1/s1. The van der Waals surface area contributed by atoms with E-state index in [1.165, 1.54) is 24.6 Å². The van der Waals surface area contributed by atoms with E-state index in [2.05, 4.69) is 53.2 Å². The van der Waals surface area contributed by atoms with Gasteiger partial charge in [0.25, 0.3) is 0 Å². The highest BCUT2D eigenvalue weighted by atomic mass is 19.1. The average molecular weight is 438 g/mol. The van der Waals surface area contributed by atoms with Gasteiger partial charge >= 0.3 is 0 Å². The normalized spacial score (nSPS) is 21.3. The third-order valence-corrected chi connectivity index (χ3v) is 7.08. The molecular formula is C27H36FN3O. The summed E-state index contributed by atoms with van der Waals surface area (Å²) < 4.78 is 13.9. The van der Waals surface area contributed by atoms with Crippen LogP contribution < -0.4 is 10.2 Å². The molecule has 1 amide bonds. The lowest BCUT2D eigenvalue weighted by atomic mass is 9.94. The number of piperidine rings is 2. The number of nitrogens with zero attached hydrogens (tertiary/aromatic N) is 2. The fourth-order valence-corrected chi connectivity index (χ4v) is 5.03. The minimum absolute atomic E-state index is 0.00623. The molecule has 172 valence electrons. The van der Waals surface area contributed by atoms with Crippen molar-refractivity contribution in [1.82, 2.24) is 10.2 Å². The van der Waals surface area contributed by atoms with Crippen LogP contribution in [0, 0.1) is 17.7 Å². The summed E-state index contributed by atoms with van der Waals surface area (Å²) in [7, 11) is 0. The van der Waals surface area contributed by atoms with Crippen LogP contribution in [-0.2, 0) is 11.3 Å². The minimum Gasteiger partial charge on any atom is -0.371 e. The van der Waals surface area contributed by atoms with E-state index in [1.54, 1.807) is 6.07 Å². The zero-order valence-electron chi connectivity index (χ0n) is 19.4. The van der Waals surface area contributed by atoms with Gasteiger partial charge in [0.2, 0.25) is 5.91 Å². The third-order valence-electron chi connectivity index (χ3n) is 7.08. The van der Waals surface area contributed by atoms with Crippen LogP contribution in [0.5, 0.6) is 0 Å². The first-order valence-electron chi connectivity index (χ1n) is 12.1. The summed E-state index contributed by atoms with van der Waals surface area (Å²) in [6, 6.07) is 15.6. The molecule has 0 unspecified atom stereocenters. The van der Waals surface area contributed by atoms with Gasteiger partial charge in [0.05, 0.1) is 6.04 Å². The Morgan fingerprint density at radius 1 is 1.06 bits per heavy atom. The highest BCUT2D eigenvalue weighted by molar-refractivity contribution is 5.79. The van der Waals surface area contributed by atoms with Gasteiger partial charge in [-0.1, -0.05) is 37.3 Å². The van der Waals surface area contributed by atoms with Gasteiger partial charge in [-0.25, -0.2) is 4.39 Å². The molecule has 4 rings (SSSR count). The van der Waals surface area contributed by atoms with Gasteiger partial charge in [-0.15, -0.1) is 0 Å². The lowest BCUT2D eigenvalue weighted by Crippen LogP contribution is -2.41. The summed E-state index contributed by atoms with van der Waals surface area (Å²) in [4.78, 5) is 17.6. The molecule has 2 aliphatic rings. The van der Waals surface area contributed by atoms with Gasteiger partial charge in [0.15, 0.2) is 0 Å². The monoisotopic (exact) mass is 437 g/mol. The molecular weight excluding hydrogens is 401 g/mol. The Morgan fingerprint density at radius 2 is 1.78 bits per heavy atom. The van der Waals surface area contributed by atoms with Gasteiger partial charge in [0.1, 0.15) is 5.82 Å². The first-order valence-corrected chi connectivity index (χ1v) is 12.1. The summed E-state index contributed by atoms with van der Waals surface area (Å²) in [5.74, 6) is 0.766. The number of hydrogen-bond donors (Lipinski definition) is 1. The maximum absolute atomic E-state index is 13.9. The van der Waals surface area contributed by atoms with Crippen molar-refractivity contribution in [2.24, 2.45) is 11.8 Å². The highest BCUT2D eigenvalue weighted by Gasteiger charge is 2.26. The molecule has 2 fully saturated rings. The number of carbonyl (C=O) groups excluding carboxylic acids is 1. The van der Waals surface area contributed by atoms with Gasteiger partial charge in [0, 0.05) is 36.8 Å². The molecule has 0 spiro atoms. The Hall–Kier alpha value is -2.40. The molecule has 0 saturated carbocycles. The maximum Gasteiger partial charge on any atom is 0.223 e. The maximum atomic E-state index is 13.9. The van der Waals surface area contributed by atoms with E-state index in [0.29, 0.717) is 6.54 Å². The fourth-order valence-electron chi connectivity index (χ4n) is 5.03. The summed E-state index contributed by atoms with van der Waals surface area (Å²) in [6.45, 7) is 8.89. The van der Waals surface area contributed by atoms with Crippen LogP contribution >= 0.6 is 0 Å². The first-order chi connectivity index (χ1) is 15.5. The molecule has 4 nitrogen and oxygen atoms in total. The number of hydrogen-bond acceptors (Lipinski definition) is 3. The molecule has 1 N–H and O–H groups in total. The second kappa shape index (κ2) is 10.5. The molecule has 0 aliphatic carbocycles. The molecule has 2 saturated heterocycles. The van der Waals surface area contributed by atoms with Crippen molar-refractivity contribution in [2.75, 3.05) is 31.1 Å². The molecule has 2 aliphatic heterocycles. The van der Waals surface area contributed by atoms with Crippen molar-refractivity contribution in [3.8, 4) is 0 Å². The zero-order chi connectivity index (χ0) is 22.5. The lowest BCUT2D eigenvalue weighted by molar-refractivity contribution is -0.127. The van der Waals surface area contributed by atoms with E-state index in [0.717, 1.165) is 56.1 Å². The predicted molar refractivity (Wildman–Crippen MR) is 128 cm³/mol. The van der Waals surface area contributed by atoms with Crippen LogP contribution in [-0.4, -0.2) is 37.0 Å². The van der Waals surface area contributed by atoms with Crippen molar-refractivity contribution in [3.63, 3.8) is 0 Å². The Labute approximate surface area is 191 Å². The van der Waals surface area contributed by atoms with Crippen molar-refractivity contribution < 1.29 is 9.18 Å². The Balaban J connectivity index is 1.25. The van der Waals surface area contributed by atoms with E-state index in [4.69, 9.17) is 0 Å². The summed E-state index contributed by atoms with van der Waals surface area (Å²) in [5.41, 5.74) is 3.15. The number of benzene rings is 2. The molecule has 32 heavy (non-hydrogen) atoms. The summed E-state index contributed by atoms with van der Waals surface area (Å²) in [5, 5.41) is 3.21. The average Bonchev–Trinajstić information content (AvgIpc) is 2.81. The van der Waals surface area contributed by atoms with Gasteiger partial charge in [-0.3, -0.25) is 9.69 Å². The molecule has 2 aromatic rings. The molecule has 2 aromatic carbocycles. The molecule has 2 atom stereocenters. The number of amides is 1. The van der Waals surface area contributed by atoms with Gasteiger partial charge in [-0.05, 0) is 75.4 Å². The first kappa shape index (κ1) is 22.8. The largest absolute Gasteiger partial charge is 0.371 e. The number of nitrogens with one attached hydrogen (secondary N) is 1. The second-order valence-electron chi connectivity index (χ2n) is 9.66. The van der Waals surface area contributed by atoms with E-state index >= 15 is 0 Å². The molecule has 0 bridgehead atoms. The molecule has 5 heteroatoms. The quantitative estimate of drug-likeness (QED) is 0.679. The Morgan fingerprint density at radius 3 is 2.47 bits per heavy atom. The molecule has 2 heterocycles. The number of rotatable bonds is 6. The minimum atomic E-state index is -0.151. The second-order valence-corrected chi connectivity index (χ2v) is 9.66. The van der Waals surface area contributed by atoms with Gasteiger partial charge < -0.3 is 10.2 Å². The van der Waals surface area contributed by atoms with Crippen LogP contribution in [0.3, 0.4) is 0 Å². The summed E-state index contributed by atoms with van der Waals surface area (Å²) >= 11 is 0. The van der Waals surface area contributed by atoms with Crippen molar-refractivity contribution in [3.05, 3.63) is 65.5 Å². The van der Waals surface area contributed by atoms with E-state index < -0.39 is 0 Å². The van der Waals surface area contributed by atoms with E-state index in [9.17, 15) is 9.18 Å². The number of halogens is 1.